The van der Waals surface area contributed by atoms with E-state index in [1.54, 1.807) is 0 Å². The third-order valence-electron chi connectivity index (χ3n) is 2.13. The lowest BCUT2D eigenvalue weighted by Crippen LogP contribution is -2.37. The molecule has 1 aromatic rings. The van der Waals surface area contributed by atoms with Crippen molar-refractivity contribution in [3.05, 3.63) is 28.3 Å². The molecule has 0 fully saturated rings. The highest BCUT2D eigenvalue weighted by Gasteiger charge is 2.17. The standard InChI is InChI=1S/C12H18ClNOS/c1-8-6-7-10(9(2)11(8)13)16(15)14-12(3,4)5/h6-7,14H,1-5H3. The molecule has 0 amide bonds. The van der Waals surface area contributed by atoms with E-state index in [2.05, 4.69) is 4.72 Å². The molecule has 0 saturated carbocycles. The first-order valence-electron chi connectivity index (χ1n) is 5.17. The minimum absolute atomic E-state index is 0.186. The van der Waals surface area contributed by atoms with E-state index in [9.17, 15) is 4.21 Å². The average molecular weight is 260 g/mol. The Hall–Kier alpha value is -0.380. The molecule has 0 aliphatic rings. The van der Waals surface area contributed by atoms with Crippen molar-refractivity contribution in [1.29, 1.82) is 0 Å². The Kier molecular flexibility index (Phi) is 4.16. The highest BCUT2D eigenvalue weighted by Crippen LogP contribution is 2.25. The molecule has 1 N–H and O–H groups in total. The maximum Gasteiger partial charge on any atom is 0.125 e. The van der Waals surface area contributed by atoms with Crippen LogP contribution in [-0.2, 0) is 11.0 Å². The normalized spacial score (nSPS) is 13.9. The molecule has 0 aliphatic carbocycles. The number of halogens is 1. The molecule has 0 spiro atoms. The molecule has 0 saturated heterocycles. The molecule has 0 aromatic heterocycles. The first-order chi connectivity index (χ1) is 7.22. The molecule has 4 heteroatoms. The maximum atomic E-state index is 12.1. The van der Waals surface area contributed by atoms with Crippen LogP contribution in [0.5, 0.6) is 0 Å². The number of hydrogen-bond acceptors (Lipinski definition) is 1. The third kappa shape index (κ3) is 3.30. The van der Waals surface area contributed by atoms with Crippen molar-refractivity contribution in [2.75, 3.05) is 0 Å². The van der Waals surface area contributed by atoms with Crippen LogP contribution in [0.15, 0.2) is 17.0 Å². The van der Waals surface area contributed by atoms with Gasteiger partial charge < -0.3 is 0 Å². The molecule has 1 atom stereocenters. The van der Waals surface area contributed by atoms with Gasteiger partial charge in [0.25, 0.3) is 0 Å². The summed E-state index contributed by atoms with van der Waals surface area (Å²) in [4.78, 5) is 0.755. The van der Waals surface area contributed by atoms with E-state index >= 15 is 0 Å². The molecular formula is C12H18ClNOS. The van der Waals surface area contributed by atoms with E-state index in [-0.39, 0.29) is 5.54 Å². The van der Waals surface area contributed by atoms with E-state index in [4.69, 9.17) is 11.6 Å². The Bertz CT molecular complexity index is 424. The van der Waals surface area contributed by atoms with E-state index < -0.39 is 11.0 Å². The highest BCUT2D eigenvalue weighted by molar-refractivity contribution is 7.83. The zero-order valence-corrected chi connectivity index (χ0v) is 11.9. The van der Waals surface area contributed by atoms with Crippen molar-refractivity contribution in [3.8, 4) is 0 Å². The van der Waals surface area contributed by atoms with Crippen LogP contribution in [0.3, 0.4) is 0 Å². The van der Waals surface area contributed by atoms with Gasteiger partial charge in [-0.2, -0.15) is 0 Å². The predicted octanol–water partition coefficient (Wildman–Crippen LogP) is 3.37. The second-order valence-corrected chi connectivity index (χ2v) is 6.50. The van der Waals surface area contributed by atoms with Gasteiger partial charge in [-0.1, -0.05) is 17.7 Å². The fraction of sp³-hybridized carbons (Fsp3) is 0.500. The van der Waals surface area contributed by atoms with Gasteiger partial charge >= 0.3 is 0 Å². The van der Waals surface area contributed by atoms with E-state index in [1.165, 1.54) is 0 Å². The summed E-state index contributed by atoms with van der Waals surface area (Å²) in [5.41, 5.74) is 1.71. The number of nitrogens with one attached hydrogen (secondary N) is 1. The van der Waals surface area contributed by atoms with Gasteiger partial charge in [-0.25, -0.2) is 8.93 Å². The van der Waals surface area contributed by atoms with E-state index in [1.807, 2.05) is 46.8 Å². The smallest absolute Gasteiger partial charge is 0.125 e. The van der Waals surface area contributed by atoms with Crippen molar-refractivity contribution < 1.29 is 4.21 Å². The van der Waals surface area contributed by atoms with Crippen molar-refractivity contribution in [2.24, 2.45) is 0 Å². The van der Waals surface area contributed by atoms with Gasteiger partial charge in [-0.15, -0.1) is 0 Å². The zero-order valence-electron chi connectivity index (χ0n) is 10.3. The second-order valence-electron chi connectivity index (χ2n) is 4.94. The highest BCUT2D eigenvalue weighted by atomic mass is 35.5. The van der Waals surface area contributed by atoms with Crippen LogP contribution < -0.4 is 4.72 Å². The van der Waals surface area contributed by atoms with Crippen LogP contribution in [0, 0.1) is 13.8 Å². The van der Waals surface area contributed by atoms with Gasteiger partial charge in [0.1, 0.15) is 11.0 Å². The van der Waals surface area contributed by atoms with Crippen molar-refractivity contribution in [3.63, 3.8) is 0 Å². The molecular weight excluding hydrogens is 242 g/mol. The molecule has 0 radical (unpaired) electrons. The van der Waals surface area contributed by atoms with Crippen molar-refractivity contribution >= 4 is 22.6 Å². The lowest BCUT2D eigenvalue weighted by molar-refractivity contribution is 0.519. The first kappa shape index (κ1) is 13.7. The van der Waals surface area contributed by atoms with Crippen LogP contribution >= 0.6 is 11.6 Å². The zero-order chi connectivity index (χ0) is 12.5. The molecule has 0 aliphatic heterocycles. The minimum atomic E-state index is -1.22. The molecule has 0 bridgehead atoms. The van der Waals surface area contributed by atoms with Gasteiger partial charge in [-0.05, 0) is 51.8 Å². The van der Waals surface area contributed by atoms with Crippen molar-refractivity contribution in [1.82, 2.24) is 4.72 Å². The summed E-state index contributed by atoms with van der Waals surface area (Å²) in [6, 6.07) is 3.76. The van der Waals surface area contributed by atoms with E-state index in [0.717, 1.165) is 16.0 Å². The Morgan fingerprint density at radius 2 is 1.81 bits per heavy atom. The lowest BCUT2D eigenvalue weighted by atomic mass is 10.1. The fourth-order valence-electron chi connectivity index (χ4n) is 1.34. The molecule has 0 heterocycles. The van der Waals surface area contributed by atoms with Gasteiger partial charge in [-0.3, -0.25) is 0 Å². The summed E-state index contributed by atoms with van der Waals surface area (Å²) < 4.78 is 15.1. The number of rotatable bonds is 2. The summed E-state index contributed by atoms with van der Waals surface area (Å²) in [6.45, 7) is 9.79. The van der Waals surface area contributed by atoms with Crippen molar-refractivity contribution in [2.45, 2.75) is 45.1 Å². The lowest BCUT2D eigenvalue weighted by Gasteiger charge is -2.20. The minimum Gasteiger partial charge on any atom is -0.237 e. The van der Waals surface area contributed by atoms with Gasteiger partial charge in [0.15, 0.2) is 0 Å². The van der Waals surface area contributed by atoms with Crippen LogP contribution in [0.2, 0.25) is 5.02 Å². The van der Waals surface area contributed by atoms with Gasteiger partial charge in [0.2, 0.25) is 0 Å². The topological polar surface area (TPSA) is 29.1 Å². The fourth-order valence-corrected chi connectivity index (χ4v) is 2.80. The molecule has 2 nitrogen and oxygen atoms in total. The van der Waals surface area contributed by atoms with Crippen LogP contribution in [0.25, 0.3) is 0 Å². The first-order valence-corrected chi connectivity index (χ1v) is 6.70. The predicted molar refractivity (Wildman–Crippen MR) is 70.2 cm³/mol. The second kappa shape index (κ2) is 4.86. The summed E-state index contributed by atoms with van der Waals surface area (Å²) in [5.74, 6) is 0. The molecule has 1 aromatic carbocycles. The van der Waals surface area contributed by atoms with Gasteiger partial charge in [0, 0.05) is 10.6 Å². The van der Waals surface area contributed by atoms with Gasteiger partial charge in [0.05, 0.1) is 4.90 Å². The summed E-state index contributed by atoms with van der Waals surface area (Å²) in [5, 5.41) is 0.696. The Morgan fingerprint density at radius 1 is 1.25 bits per heavy atom. The molecule has 1 unspecified atom stereocenters. The molecule has 16 heavy (non-hydrogen) atoms. The Labute approximate surface area is 105 Å². The number of hydrogen-bond donors (Lipinski definition) is 1. The average Bonchev–Trinajstić information content (AvgIpc) is 2.11. The Balaban J connectivity index is 3.06. The molecule has 1 rings (SSSR count). The number of aryl methyl sites for hydroxylation is 1. The summed E-state index contributed by atoms with van der Waals surface area (Å²) in [6.07, 6.45) is 0. The van der Waals surface area contributed by atoms with Crippen LogP contribution in [-0.4, -0.2) is 9.75 Å². The van der Waals surface area contributed by atoms with Crippen LogP contribution in [0.1, 0.15) is 31.9 Å². The Morgan fingerprint density at radius 3 is 2.31 bits per heavy atom. The molecule has 90 valence electrons. The third-order valence-corrected chi connectivity index (χ3v) is 4.35. The quantitative estimate of drug-likeness (QED) is 0.867. The largest absolute Gasteiger partial charge is 0.237 e. The SMILES string of the molecule is Cc1ccc(S(=O)NC(C)(C)C)c(C)c1Cl. The monoisotopic (exact) mass is 259 g/mol. The summed E-state index contributed by atoms with van der Waals surface area (Å²) in [7, 11) is -1.22. The van der Waals surface area contributed by atoms with E-state index in [0.29, 0.717) is 5.02 Å². The maximum absolute atomic E-state index is 12.1. The van der Waals surface area contributed by atoms with Crippen LogP contribution in [0.4, 0.5) is 0 Å². The number of benzene rings is 1. The summed E-state index contributed by atoms with van der Waals surface area (Å²) >= 11 is 6.14.